The highest BCUT2D eigenvalue weighted by atomic mass is 16.5. The molecular weight excluding hydrogens is 252 g/mol. The normalized spacial score (nSPS) is 20.9. The number of rotatable bonds is 8. The molecule has 0 aromatic rings. The molecule has 2 N–H and O–H groups in total. The molecule has 118 valence electrons. The largest absolute Gasteiger partial charge is 0.383 e. The molecule has 0 aromatic carbocycles. The van der Waals surface area contributed by atoms with E-state index in [1.165, 1.54) is 32.2 Å². The Balaban J connectivity index is 2.33. The minimum absolute atomic E-state index is 0.703. The molecule has 1 saturated heterocycles. The van der Waals surface area contributed by atoms with Gasteiger partial charge in [0.05, 0.1) is 13.2 Å². The van der Waals surface area contributed by atoms with Gasteiger partial charge >= 0.3 is 0 Å². The molecule has 1 fully saturated rings. The number of nitrogens with one attached hydrogen (secondary N) is 2. The van der Waals surface area contributed by atoms with Gasteiger partial charge in [-0.15, -0.1) is 0 Å². The highest BCUT2D eigenvalue weighted by molar-refractivity contribution is 5.79. The van der Waals surface area contributed by atoms with E-state index in [0.717, 1.165) is 38.2 Å². The van der Waals surface area contributed by atoms with Crippen LogP contribution in [0.25, 0.3) is 0 Å². The molecule has 5 heteroatoms. The van der Waals surface area contributed by atoms with Crippen molar-refractivity contribution in [2.24, 2.45) is 4.99 Å². The zero-order valence-corrected chi connectivity index (χ0v) is 13.5. The van der Waals surface area contributed by atoms with Gasteiger partial charge in [0, 0.05) is 32.8 Å². The SMILES string of the molecule is CCNC(=NCCN1CCCCC1CC)NCCOC. The van der Waals surface area contributed by atoms with Crippen LogP contribution in [0.5, 0.6) is 0 Å². The summed E-state index contributed by atoms with van der Waals surface area (Å²) in [6, 6.07) is 0.767. The number of hydrogen-bond acceptors (Lipinski definition) is 3. The van der Waals surface area contributed by atoms with E-state index in [0.29, 0.717) is 6.61 Å². The van der Waals surface area contributed by atoms with Gasteiger partial charge in [0.1, 0.15) is 0 Å². The maximum atomic E-state index is 5.05. The first kappa shape index (κ1) is 17.2. The molecule has 1 atom stereocenters. The van der Waals surface area contributed by atoms with Gasteiger partial charge in [-0.3, -0.25) is 9.89 Å². The summed E-state index contributed by atoms with van der Waals surface area (Å²) in [6.07, 6.45) is 5.34. The quantitative estimate of drug-likeness (QED) is 0.402. The molecule has 0 radical (unpaired) electrons. The molecule has 0 aromatic heterocycles. The Labute approximate surface area is 124 Å². The van der Waals surface area contributed by atoms with Gasteiger partial charge in [0.15, 0.2) is 5.96 Å². The molecule has 1 heterocycles. The van der Waals surface area contributed by atoms with Crippen molar-refractivity contribution in [1.82, 2.24) is 15.5 Å². The Morgan fingerprint density at radius 2 is 2.15 bits per heavy atom. The van der Waals surface area contributed by atoms with Crippen LogP contribution < -0.4 is 10.6 Å². The molecule has 0 saturated carbocycles. The lowest BCUT2D eigenvalue weighted by atomic mass is 10.0. The third kappa shape index (κ3) is 6.57. The first-order valence-electron chi connectivity index (χ1n) is 8.07. The fraction of sp³-hybridized carbons (Fsp3) is 0.933. The molecule has 0 spiro atoms. The first-order chi connectivity index (χ1) is 9.81. The summed E-state index contributed by atoms with van der Waals surface area (Å²) in [5, 5.41) is 6.55. The van der Waals surface area contributed by atoms with Gasteiger partial charge in [-0.2, -0.15) is 0 Å². The summed E-state index contributed by atoms with van der Waals surface area (Å²) >= 11 is 0. The van der Waals surface area contributed by atoms with Crippen LogP contribution in [0.2, 0.25) is 0 Å². The topological polar surface area (TPSA) is 48.9 Å². The zero-order chi connectivity index (χ0) is 14.6. The van der Waals surface area contributed by atoms with Crippen LogP contribution in [0, 0.1) is 0 Å². The highest BCUT2D eigenvalue weighted by Crippen LogP contribution is 2.18. The Bertz CT molecular complexity index is 271. The molecule has 1 rings (SSSR count). The second-order valence-corrected chi connectivity index (χ2v) is 5.27. The van der Waals surface area contributed by atoms with Gasteiger partial charge in [0.25, 0.3) is 0 Å². The van der Waals surface area contributed by atoms with Crippen LogP contribution in [-0.2, 0) is 4.74 Å². The third-order valence-corrected chi connectivity index (χ3v) is 3.82. The average molecular weight is 284 g/mol. The average Bonchev–Trinajstić information content (AvgIpc) is 2.48. The van der Waals surface area contributed by atoms with Crippen molar-refractivity contribution in [2.75, 3.05) is 46.4 Å². The number of likely N-dealkylation sites (tertiary alicyclic amines) is 1. The number of piperidine rings is 1. The molecular formula is C15H32N4O. The zero-order valence-electron chi connectivity index (χ0n) is 13.5. The number of aliphatic imine (C=N–C) groups is 1. The Morgan fingerprint density at radius 3 is 2.85 bits per heavy atom. The number of hydrogen-bond donors (Lipinski definition) is 2. The van der Waals surface area contributed by atoms with Gasteiger partial charge in [0.2, 0.25) is 0 Å². The van der Waals surface area contributed by atoms with E-state index in [2.05, 4.69) is 34.4 Å². The molecule has 1 aliphatic heterocycles. The monoisotopic (exact) mass is 284 g/mol. The lowest BCUT2D eigenvalue weighted by Crippen LogP contribution is -2.42. The highest BCUT2D eigenvalue weighted by Gasteiger charge is 2.19. The lowest BCUT2D eigenvalue weighted by Gasteiger charge is -2.34. The Morgan fingerprint density at radius 1 is 1.30 bits per heavy atom. The van der Waals surface area contributed by atoms with Crippen LogP contribution in [0.4, 0.5) is 0 Å². The summed E-state index contributed by atoms with van der Waals surface area (Å²) in [6.45, 7) is 9.94. The van der Waals surface area contributed by atoms with Crippen LogP contribution in [0.3, 0.4) is 0 Å². The van der Waals surface area contributed by atoms with Crippen LogP contribution in [0.1, 0.15) is 39.5 Å². The van der Waals surface area contributed by atoms with E-state index in [1.54, 1.807) is 7.11 Å². The predicted molar refractivity (Wildman–Crippen MR) is 85.4 cm³/mol. The summed E-state index contributed by atoms with van der Waals surface area (Å²) in [5.41, 5.74) is 0. The Hall–Kier alpha value is -0.810. The maximum Gasteiger partial charge on any atom is 0.191 e. The molecule has 1 unspecified atom stereocenters. The van der Waals surface area contributed by atoms with E-state index < -0.39 is 0 Å². The van der Waals surface area contributed by atoms with Crippen molar-refractivity contribution >= 4 is 5.96 Å². The lowest BCUT2D eigenvalue weighted by molar-refractivity contribution is 0.148. The maximum absolute atomic E-state index is 5.05. The minimum atomic E-state index is 0.703. The first-order valence-corrected chi connectivity index (χ1v) is 8.07. The predicted octanol–water partition coefficient (Wildman–Crippen LogP) is 1.45. The van der Waals surface area contributed by atoms with Gasteiger partial charge < -0.3 is 15.4 Å². The second-order valence-electron chi connectivity index (χ2n) is 5.27. The van der Waals surface area contributed by atoms with Gasteiger partial charge in [-0.25, -0.2) is 0 Å². The second kappa shape index (κ2) is 10.9. The molecule has 1 aliphatic rings. The van der Waals surface area contributed by atoms with Crippen molar-refractivity contribution in [1.29, 1.82) is 0 Å². The van der Waals surface area contributed by atoms with E-state index in [1.807, 2.05) is 0 Å². The summed E-state index contributed by atoms with van der Waals surface area (Å²) < 4.78 is 5.05. The fourth-order valence-corrected chi connectivity index (χ4v) is 2.72. The molecule has 0 amide bonds. The number of ether oxygens (including phenoxy) is 1. The standard InChI is InChI=1S/C15H32N4O/c1-4-14-8-6-7-11-19(14)12-9-17-15(16-5-2)18-10-13-20-3/h14H,4-13H2,1-3H3,(H2,16,17,18). The number of guanidine groups is 1. The van der Waals surface area contributed by atoms with E-state index >= 15 is 0 Å². The van der Waals surface area contributed by atoms with Crippen molar-refractivity contribution in [3.63, 3.8) is 0 Å². The molecule has 5 nitrogen and oxygen atoms in total. The minimum Gasteiger partial charge on any atom is -0.383 e. The van der Waals surface area contributed by atoms with Crippen LogP contribution >= 0.6 is 0 Å². The van der Waals surface area contributed by atoms with Gasteiger partial charge in [-0.05, 0) is 32.7 Å². The smallest absolute Gasteiger partial charge is 0.191 e. The number of nitrogens with zero attached hydrogens (tertiary/aromatic N) is 2. The van der Waals surface area contributed by atoms with Crippen molar-refractivity contribution in [2.45, 2.75) is 45.6 Å². The summed E-state index contributed by atoms with van der Waals surface area (Å²) in [5.74, 6) is 0.898. The van der Waals surface area contributed by atoms with Crippen LogP contribution in [0.15, 0.2) is 4.99 Å². The number of methoxy groups -OCH3 is 1. The molecule has 0 bridgehead atoms. The summed E-state index contributed by atoms with van der Waals surface area (Å²) in [7, 11) is 1.72. The van der Waals surface area contributed by atoms with Gasteiger partial charge in [-0.1, -0.05) is 13.3 Å². The van der Waals surface area contributed by atoms with Crippen LogP contribution in [-0.4, -0.2) is 63.3 Å². The van der Waals surface area contributed by atoms with E-state index in [4.69, 9.17) is 4.74 Å². The van der Waals surface area contributed by atoms with E-state index in [9.17, 15) is 0 Å². The summed E-state index contributed by atoms with van der Waals surface area (Å²) in [4.78, 5) is 7.25. The molecule has 20 heavy (non-hydrogen) atoms. The molecule has 0 aliphatic carbocycles. The fourth-order valence-electron chi connectivity index (χ4n) is 2.72. The van der Waals surface area contributed by atoms with Crippen molar-refractivity contribution < 1.29 is 4.74 Å². The Kier molecular flexibility index (Phi) is 9.41. The van der Waals surface area contributed by atoms with Crippen molar-refractivity contribution in [3.05, 3.63) is 0 Å². The van der Waals surface area contributed by atoms with E-state index in [-0.39, 0.29) is 0 Å². The van der Waals surface area contributed by atoms with Crippen molar-refractivity contribution in [3.8, 4) is 0 Å². The third-order valence-electron chi connectivity index (χ3n) is 3.82.